The summed E-state index contributed by atoms with van der Waals surface area (Å²) in [4.78, 5) is 16.5. The second-order valence-corrected chi connectivity index (χ2v) is 6.45. The van der Waals surface area contributed by atoms with Gasteiger partial charge in [0.2, 0.25) is 5.91 Å². The van der Waals surface area contributed by atoms with Gasteiger partial charge >= 0.3 is 0 Å². The van der Waals surface area contributed by atoms with Crippen LogP contribution in [-0.2, 0) is 4.79 Å². The zero-order valence-electron chi connectivity index (χ0n) is 12.9. The number of para-hydroxylation sites is 1. The van der Waals surface area contributed by atoms with Crippen molar-refractivity contribution in [3.63, 3.8) is 0 Å². The Bertz CT molecular complexity index is 674. The average Bonchev–Trinajstić information content (AvgIpc) is 2.62. The number of rotatable bonds is 3. The number of hydrogen-bond donors (Lipinski definition) is 0. The van der Waals surface area contributed by atoms with Crippen molar-refractivity contribution in [1.29, 1.82) is 0 Å². The van der Waals surface area contributed by atoms with Crippen molar-refractivity contribution >= 4 is 33.6 Å². The van der Waals surface area contributed by atoms with Crippen LogP contribution in [0.15, 0.2) is 65.1 Å². The highest BCUT2D eigenvalue weighted by molar-refractivity contribution is 9.10. The van der Waals surface area contributed by atoms with Crippen molar-refractivity contribution < 1.29 is 4.79 Å². The van der Waals surface area contributed by atoms with Crippen LogP contribution in [0.1, 0.15) is 5.56 Å². The fourth-order valence-corrected chi connectivity index (χ4v) is 2.93. The molecule has 1 heterocycles. The maximum Gasteiger partial charge on any atom is 0.246 e. The van der Waals surface area contributed by atoms with Gasteiger partial charge in [0.15, 0.2) is 0 Å². The fourth-order valence-electron chi connectivity index (χ4n) is 2.67. The highest BCUT2D eigenvalue weighted by atomic mass is 79.9. The molecule has 118 valence electrons. The minimum absolute atomic E-state index is 0.0839. The van der Waals surface area contributed by atoms with E-state index in [1.54, 1.807) is 6.08 Å². The quantitative estimate of drug-likeness (QED) is 0.766. The van der Waals surface area contributed by atoms with E-state index in [-0.39, 0.29) is 5.91 Å². The Balaban J connectivity index is 1.55. The van der Waals surface area contributed by atoms with Crippen molar-refractivity contribution in [3.05, 3.63) is 70.7 Å². The van der Waals surface area contributed by atoms with Crippen LogP contribution in [0.3, 0.4) is 0 Å². The lowest BCUT2D eigenvalue weighted by molar-refractivity contribution is -0.126. The number of benzene rings is 2. The van der Waals surface area contributed by atoms with Crippen LogP contribution in [0, 0.1) is 0 Å². The van der Waals surface area contributed by atoms with Gasteiger partial charge in [0.1, 0.15) is 0 Å². The smallest absolute Gasteiger partial charge is 0.246 e. The second-order valence-electron chi connectivity index (χ2n) is 5.53. The molecule has 3 rings (SSSR count). The van der Waals surface area contributed by atoms with E-state index >= 15 is 0 Å². The topological polar surface area (TPSA) is 23.6 Å². The fraction of sp³-hybridized carbons (Fsp3) is 0.211. The Kier molecular flexibility index (Phi) is 5.13. The third kappa shape index (κ3) is 4.23. The van der Waals surface area contributed by atoms with Crippen LogP contribution < -0.4 is 4.90 Å². The Morgan fingerprint density at radius 1 is 0.913 bits per heavy atom. The summed E-state index contributed by atoms with van der Waals surface area (Å²) in [5, 5.41) is 0. The first-order chi connectivity index (χ1) is 11.2. The van der Waals surface area contributed by atoms with Gasteiger partial charge in [-0.25, -0.2) is 0 Å². The minimum atomic E-state index is 0.0839. The number of nitrogens with zero attached hydrogens (tertiary/aromatic N) is 2. The molecule has 1 aliphatic heterocycles. The summed E-state index contributed by atoms with van der Waals surface area (Å²) in [6.07, 6.45) is 3.54. The van der Waals surface area contributed by atoms with E-state index in [9.17, 15) is 4.79 Å². The van der Waals surface area contributed by atoms with E-state index in [4.69, 9.17) is 0 Å². The molecule has 0 atom stereocenters. The van der Waals surface area contributed by atoms with Crippen molar-refractivity contribution in [1.82, 2.24) is 4.90 Å². The maximum atomic E-state index is 12.3. The predicted molar refractivity (Wildman–Crippen MR) is 98.4 cm³/mol. The third-order valence-corrected chi connectivity index (χ3v) is 4.53. The lowest BCUT2D eigenvalue weighted by Gasteiger charge is -2.35. The number of anilines is 1. The summed E-state index contributed by atoms with van der Waals surface area (Å²) >= 11 is 3.41. The van der Waals surface area contributed by atoms with Gasteiger partial charge in [-0.05, 0) is 35.9 Å². The van der Waals surface area contributed by atoms with Gasteiger partial charge in [-0.2, -0.15) is 0 Å². The van der Waals surface area contributed by atoms with Gasteiger partial charge in [-0.15, -0.1) is 0 Å². The molecular formula is C19H19BrN2O. The molecule has 0 aliphatic carbocycles. The molecule has 1 fully saturated rings. The van der Waals surface area contributed by atoms with E-state index in [1.165, 1.54) is 5.69 Å². The molecule has 4 heteroatoms. The third-order valence-electron chi connectivity index (χ3n) is 4.00. The second kappa shape index (κ2) is 7.47. The zero-order valence-corrected chi connectivity index (χ0v) is 14.4. The summed E-state index contributed by atoms with van der Waals surface area (Å²) in [5.74, 6) is 0.0839. The first-order valence-corrected chi connectivity index (χ1v) is 8.54. The summed E-state index contributed by atoms with van der Waals surface area (Å²) in [6, 6.07) is 18.3. The molecule has 23 heavy (non-hydrogen) atoms. The summed E-state index contributed by atoms with van der Waals surface area (Å²) in [5.41, 5.74) is 2.26. The van der Waals surface area contributed by atoms with Crippen molar-refractivity contribution in [2.24, 2.45) is 0 Å². The lowest BCUT2D eigenvalue weighted by Crippen LogP contribution is -2.48. The Morgan fingerprint density at radius 3 is 2.22 bits per heavy atom. The van der Waals surface area contributed by atoms with E-state index in [0.717, 1.165) is 36.2 Å². The first kappa shape index (κ1) is 15.8. The maximum absolute atomic E-state index is 12.3. The first-order valence-electron chi connectivity index (χ1n) is 7.75. The highest BCUT2D eigenvalue weighted by Crippen LogP contribution is 2.16. The van der Waals surface area contributed by atoms with E-state index < -0.39 is 0 Å². The Hall–Kier alpha value is -2.07. The van der Waals surface area contributed by atoms with Crippen molar-refractivity contribution in [3.8, 4) is 0 Å². The van der Waals surface area contributed by atoms with Gasteiger partial charge in [0, 0.05) is 42.4 Å². The van der Waals surface area contributed by atoms with Crippen molar-refractivity contribution in [2.45, 2.75) is 0 Å². The largest absolute Gasteiger partial charge is 0.368 e. The van der Waals surface area contributed by atoms with Crippen LogP contribution in [0.2, 0.25) is 0 Å². The Labute approximate surface area is 145 Å². The van der Waals surface area contributed by atoms with Crippen LogP contribution in [0.25, 0.3) is 6.08 Å². The Morgan fingerprint density at radius 2 is 1.57 bits per heavy atom. The van der Waals surface area contributed by atoms with Gasteiger partial charge < -0.3 is 9.80 Å². The molecule has 0 aromatic heterocycles. The molecule has 0 N–H and O–H groups in total. The predicted octanol–water partition coefficient (Wildman–Crippen LogP) is 3.81. The molecule has 0 radical (unpaired) electrons. The molecule has 0 saturated carbocycles. The number of carbonyl (C=O) groups is 1. The molecule has 1 aliphatic rings. The van der Waals surface area contributed by atoms with Crippen LogP contribution in [0.5, 0.6) is 0 Å². The SMILES string of the molecule is O=C(C=Cc1ccc(Br)cc1)N1CCN(c2ccccc2)CC1. The summed E-state index contributed by atoms with van der Waals surface area (Å²) in [7, 11) is 0. The molecule has 2 aromatic rings. The normalized spacial score (nSPS) is 15.2. The molecule has 3 nitrogen and oxygen atoms in total. The summed E-state index contributed by atoms with van der Waals surface area (Å²) in [6.45, 7) is 3.28. The van der Waals surface area contributed by atoms with Gasteiger partial charge in [-0.3, -0.25) is 4.79 Å². The van der Waals surface area contributed by atoms with Crippen LogP contribution in [-0.4, -0.2) is 37.0 Å². The highest BCUT2D eigenvalue weighted by Gasteiger charge is 2.19. The molecular weight excluding hydrogens is 352 g/mol. The van der Waals surface area contributed by atoms with E-state index in [0.29, 0.717) is 0 Å². The number of piperazine rings is 1. The number of hydrogen-bond acceptors (Lipinski definition) is 2. The minimum Gasteiger partial charge on any atom is -0.368 e. The molecule has 0 bridgehead atoms. The van der Waals surface area contributed by atoms with Gasteiger partial charge in [0.25, 0.3) is 0 Å². The van der Waals surface area contributed by atoms with Crippen LogP contribution >= 0.6 is 15.9 Å². The lowest BCUT2D eigenvalue weighted by atomic mass is 10.2. The van der Waals surface area contributed by atoms with Gasteiger partial charge in [0.05, 0.1) is 0 Å². The molecule has 2 aromatic carbocycles. The van der Waals surface area contributed by atoms with Crippen molar-refractivity contribution in [2.75, 3.05) is 31.1 Å². The number of carbonyl (C=O) groups excluding carboxylic acids is 1. The molecule has 0 unspecified atom stereocenters. The molecule has 1 saturated heterocycles. The molecule has 1 amide bonds. The monoisotopic (exact) mass is 370 g/mol. The number of halogens is 1. The van der Waals surface area contributed by atoms with Crippen LogP contribution in [0.4, 0.5) is 5.69 Å². The van der Waals surface area contributed by atoms with Gasteiger partial charge in [-0.1, -0.05) is 46.3 Å². The van der Waals surface area contributed by atoms with E-state index in [1.807, 2.05) is 53.4 Å². The number of amides is 1. The standard InChI is InChI=1S/C19H19BrN2O/c20-17-9-6-16(7-10-17)8-11-19(23)22-14-12-21(13-15-22)18-4-2-1-3-5-18/h1-11H,12-15H2. The molecule has 0 spiro atoms. The summed E-state index contributed by atoms with van der Waals surface area (Å²) < 4.78 is 1.04. The van der Waals surface area contributed by atoms with E-state index in [2.05, 4.69) is 33.0 Å². The average molecular weight is 371 g/mol. The zero-order chi connectivity index (χ0) is 16.1.